The predicted molar refractivity (Wildman–Crippen MR) is 98.5 cm³/mol. The average molecular weight is 355 g/mol. The van der Waals surface area contributed by atoms with Crippen LogP contribution in [0.1, 0.15) is 15.9 Å². The number of nitrogens with one attached hydrogen (secondary N) is 4. The summed E-state index contributed by atoms with van der Waals surface area (Å²) in [5, 5.41) is 2.78. The molecule has 7 nitrogen and oxygen atoms in total. The summed E-state index contributed by atoms with van der Waals surface area (Å²) in [4.78, 5) is 36.4. The molecular formula is C19H23N4O3+. The number of anilines is 1. The summed E-state index contributed by atoms with van der Waals surface area (Å²) in [5.74, 6) is -0.962. The lowest BCUT2D eigenvalue weighted by atomic mass is 10.2. The highest BCUT2D eigenvalue weighted by molar-refractivity contribution is 5.95. The van der Waals surface area contributed by atoms with Crippen molar-refractivity contribution in [3.63, 3.8) is 0 Å². The number of benzene rings is 2. The van der Waals surface area contributed by atoms with Gasteiger partial charge in [-0.25, -0.2) is 0 Å². The standard InChI is InChI=1S/C19H22N4O3/c1-14-8-10-16(11-9-14)20-17(24)12-23(2)13-18(25)21-22-19(26)15-6-4-3-5-7-15/h3-11H,12-13H2,1-2H3,(H,20,24)(H,21,25)(H,22,26)/p+1. The van der Waals surface area contributed by atoms with Gasteiger partial charge in [0.1, 0.15) is 0 Å². The molecule has 7 heteroatoms. The van der Waals surface area contributed by atoms with Crippen molar-refractivity contribution < 1.29 is 19.3 Å². The van der Waals surface area contributed by atoms with E-state index in [0.717, 1.165) is 5.56 Å². The van der Waals surface area contributed by atoms with Gasteiger partial charge in [0, 0.05) is 11.3 Å². The first kappa shape index (κ1) is 19.1. The zero-order chi connectivity index (χ0) is 18.9. The molecule has 0 saturated carbocycles. The fraction of sp³-hybridized carbons (Fsp3) is 0.211. The van der Waals surface area contributed by atoms with Crippen LogP contribution in [-0.2, 0) is 9.59 Å². The molecule has 0 radical (unpaired) electrons. The fourth-order valence-electron chi connectivity index (χ4n) is 2.29. The second kappa shape index (κ2) is 9.33. The SMILES string of the molecule is Cc1ccc(NC(=O)C[NH+](C)CC(=O)NNC(=O)c2ccccc2)cc1. The highest BCUT2D eigenvalue weighted by Gasteiger charge is 2.15. The Balaban J connectivity index is 1.71. The number of hydrazine groups is 1. The highest BCUT2D eigenvalue weighted by Crippen LogP contribution is 2.07. The van der Waals surface area contributed by atoms with Crippen molar-refractivity contribution in [3.8, 4) is 0 Å². The first-order valence-corrected chi connectivity index (χ1v) is 8.26. The Hall–Kier alpha value is -3.19. The molecule has 0 aliphatic carbocycles. The molecule has 26 heavy (non-hydrogen) atoms. The molecule has 2 aromatic rings. The number of likely N-dealkylation sites (N-methyl/N-ethyl adjacent to an activating group) is 1. The van der Waals surface area contributed by atoms with Crippen molar-refractivity contribution in [2.45, 2.75) is 6.92 Å². The quantitative estimate of drug-likeness (QED) is 0.546. The van der Waals surface area contributed by atoms with Crippen LogP contribution in [0.15, 0.2) is 54.6 Å². The van der Waals surface area contributed by atoms with Gasteiger partial charge in [-0.1, -0.05) is 35.9 Å². The summed E-state index contributed by atoms with van der Waals surface area (Å²) in [5.41, 5.74) is 6.98. The molecule has 0 heterocycles. The number of amides is 3. The van der Waals surface area contributed by atoms with E-state index in [9.17, 15) is 14.4 Å². The Morgan fingerprint density at radius 1 is 0.846 bits per heavy atom. The van der Waals surface area contributed by atoms with Gasteiger partial charge in [0.2, 0.25) is 0 Å². The lowest BCUT2D eigenvalue weighted by Gasteiger charge is -2.14. The van der Waals surface area contributed by atoms with Gasteiger partial charge < -0.3 is 10.2 Å². The average Bonchev–Trinajstić information content (AvgIpc) is 2.62. The Labute approximate surface area is 152 Å². The number of hydrogen-bond donors (Lipinski definition) is 4. The molecule has 3 amide bonds. The normalized spacial score (nSPS) is 11.3. The predicted octanol–water partition coefficient (Wildman–Crippen LogP) is -0.0906. The van der Waals surface area contributed by atoms with Crippen molar-refractivity contribution in [2.24, 2.45) is 0 Å². The minimum absolute atomic E-state index is 0.0520. The lowest BCUT2D eigenvalue weighted by molar-refractivity contribution is -0.862. The summed E-state index contributed by atoms with van der Waals surface area (Å²) < 4.78 is 0. The Morgan fingerprint density at radius 3 is 2.12 bits per heavy atom. The molecule has 0 aromatic heterocycles. The van der Waals surface area contributed by atoms with Crippen LogP contribution in [0, 0.1) is 6.92 Å². The molecule has 0 spiro atoms. The van der Waals surface area contributed by atoms with Crippen molar-refractivity contribution in [1.29, 1.82) is 0 Å². The zero-order valence-electron chi connectivity index (χ0n) is 14.8. The number of quaternary nitrogens is 1. The van der Waals surface area contributed by atoms with E-state index in [1.807, 2.05) is 31.2 Å². The van der Waals surface area contributed by atoms with Crippen LogP contribution >= 0.6 is 0 Å². The van der Waals surface area contributed by atoms with Gasteiger partial charge in [0.25, 0.3) is 17.7 Å². The third kappa shape index (κ3) is 6.37. The Kier molecular flexibility index (Phi) is 6.87. The third-order valence-electron chi connectivity index (χ3n) is 3.61. The minimum atomic E-state index is -0.395. The number of rotatable bonds is 6. The van der Waals surface area contributed by atoms with Crippen LogP contribution < -0.4 is 21.1 Å². The number of carbonyl (C=O) groups excluding carboxylic acids is 3. The van der Waals surface area contributed by atoms with Gasteiger partial charge in [0.05, 0.1) is 7.05 Å². The van der Waals surface area contributed by atoms with Gasteiger partial charge in [-0.15, -0.1) is 0 Å². The molecule has 1 atom stereocenters. The van der Waals surface area contributed by atoms with Crippen LogP contribution in [0.5, 0.6) is 0 Å². The van der Waals surface area contributed by atoms with E-state index in [0.29, 0.717) is 16.2 Å². The van der Waals surface area contributed by atoms with Crippen LogP contribution in [0.2, 0.25) is 0 Å². The van der Waals surface area contributed by atoms with Crippen molar-refractivity contribution in [1.82, 2.24) is 10.9 Å². The van der Waals surface area contributed by atoms with Crippen molar-refractivity contribution >= 4 is 23.4 Å². The molecule has 0 saturated heterocycles. The van der Waals surface area contributed by atoms with E-state index in [2.05, 4.69) is 16.2 Å². The van der Waals surface area contributed by atoms with Crippen LogP contribution in [0.3, 0.4) is 0 Å². The van der Waals surface area contributed by atoms with Gasteiger partial charge >= 0.3 is 0 Å². The third-order valence-corrected chi connectivity index (χ3v) is 3.61. The molecule has 2 aromatic carbocycles. The van der Waals surface area contributed by atoms with Gasteiger partial charge in [0.15, 0.2) is 13.1 Å². The maximum absolute atomic E-state index is 12.0. The Bertz CT molecular complexity index is 760. The van der Waals surface area contributed by atoms with E-state index in [4.69, 9.17) is 0 Å². The molecule has 136 valence electrons. The minimum Gasteiger partial charge on any atom is -0.322 e. The molecule has 0 aliphatic heterocycles. The Morgan fingerprint density at radius 2 is 1.46 bits per heavy atom. The topological polar surface area (TPSA) is 91.7 Å². The maximum atomic E-state index is 12.0. The number of aryl methyl sites for hydroxylation is 1. The molecule has 0 aliphatic rings. The smallest absolute Gasteiger partial charge is 0.293 e. The summed E-state index contributed by atoms with van der Waals surface area (Å²) in [6, 6.07) is 16.0. The molecule has 4 N–H and O–H groups in total. The summed E-state index contributed by atoms with van der Waals surface area (Å²) in [6.07, 6.45) is 0. The van der Waals surface area contributed by atoms with E-state index < -0.39 is 5.91 Å². The van der Waals surface area contributed by atoms with E-state index in [-0.39, 0.29) is 24.9 Å². The molecule has 0 bridgehead atoms. The van der Waals surface area contributed by atoms with Crippen LogP contribution in [0.25, 0.3) is 0 Å². The number of hydrogen-bond acceptors (Lipinski definition) is 3. The van der Waals surface area contributed by atoms with Gasteiger partial charge in [-0.3, -0.25) is 25.2 Å². The lowest BCUT2D eigenvalue weighted by Crippen LogP contribution is -3.11. The first-order chi connectivity index (χ1) is 12.4. The van der Waals surface area contributed by atoms with Gasteiger partial charge in [-0.05, 0) is 31.2 Å². The summed E-state index contributed by atoms with van der Waals surface area (Å²) in [6.45, 7) is 2.16. The summed E-state index contributed by atoms with van der Waals surface area (Å²) in [7, 11) is 1.73. The number of carbonyl (C=O) groups is 3. The van der Waals surface area contributed by atoms with Crippen molar-refractivity contribution in [2.75, 3.05) is 25.5 Å². The maximum Gasteiger partial charge on any atom is 0.293 e. The summed E-state index contributed by atoms with van der Waals surface area (Å²) >= 11 is 0. The zero-order valence-corrected chi connectivity index (χ0v) is 14.8. The van der Waals surface area contributed by atoms with Crippen LogP contribution in [0.4, 0.5) is 5.69 Å². The van der Waals surface area contributed by atoms with E-state index in [1.54, 1.807) is 37.4 Å². The fourth-order valence-corrected chi connectivity index (χ4v) is 2.29. The molecule has 2 rings (SSSR count). The largest absolute Gasteiger partial charge is 0.322 e. The highest BCUT2D eigenvalue weighted by atomic mass is 16.2. The molecule has 1 unspecified atom stereocenters. The van der Waals surface area contributed by atoms with E-state index in [1.165, 1.54) is 0 Å². The van der Waals surface area contributed by atoms with E-state index >= 15 is 0 Å². The van der Waals surface area contributed by atoms with Crippen LogP contribution in [-0.4, -0.2) is 37.9 Å². The molecular weight excluding hydrogens is 332 g/mol. The second-order valence-electron chi connectivity index (χ2n) is 6.09. The van der Waals surface area contributed by atoms with Gasteiger partial charge in [-0.2, -0.15) is 0 Å². The second-order valence-corrected chi connectivity index (χ2v) is 6.09. The van der Waals surface area contributed by atoms with Crippen molar-refractivity contribution in [3.05, 3.63) is 65.7 Å². The first-order valence-electron chi connectivity index (χ1n) is 8.26. The molecule has 0 fully saturated rings. The monoisotopic (exact) mass is 355 g/mol.